The van der Waals surface area contributed by atoms with Crippen LogP contribution in [-0.2, 0) is 6.18 Å². The lowest BCUT2D eigenvalue weighted by molar-refractivity contribution is -0.137. The molecule has 0 radical (unpaired) electrons. The number of aliphatic hydroxyl groups is 1. The van der Waals surface area contributed by atoms with Crippen LogP contribution in [0.2, 0.25) is 0 Å². The van der Waals surface area contributed by atoms with Crippen molar-refractivity contribution in [2.24, 2.45) is 0 Å². The highest BCUT2D eigenvalue weighted by molar-refractivity contribution is 5.92. The van der Waals surface area contributed by atoms with E-state index in [0.29, 0.717) is 5.56 Å². The van der Waals surface area contributed by atoms with Gasteiger partial charge in [0.15, 0.2) is 5.76 Å². The van der Waals surface area contributed by atoms with Crippen LogP contribution in [0.4, 0.5) is 13.2 Å². The summed E-state index contributed by atoms with van der Waals surface area (Å²) in [6, 6.07) is 7.25. The van der Waals surface area contributed by atoms with Gasteiger partial charge in [-0.3, -0.25) is 4.79 Å². The molecule has 4 nitrogen and oxygen atoms in total. The van der Waals surface area contributed by atoms with E-state index >= 15 is 0 Å². The minimum atomic E-state index is -4.46. The molecule has 0 bridgehead atoms. The van der Waals surface area contributed by atoms with Gasteiger partial charge in [-0.2, -0.15) is 13.2 Å². The molecule has 1 N–H and O–H groups in total. The molecule has 0 aliphatic carbocycles. The highest BCUT2D eigenvalue weighted by Crippen LogP contribution is 2.36. The van der Waals surface area contributed by atoms with Crippen molar-refractivity contribution in [3.63, 3.8) is 0 Å². The van der Waals surface area contributed by atoms with E-state index in [4.69, 9.17) is 4.42 Å². The maximum absolute atomic E-state index is 12.9. The fourth-order valence-electron chi connectivity index (χ4n) is 2.82. The summed E-state index contributed by atoms with van der Waals surface area (Å²) in [5.41, 5.74) is -0.432. The molecule has 0 unspecified atom stereocenters. The van der Waals surface area contributed by atoms with Crippen LogP contribution in [0.3, 0.4) is 0 Å². The van der Waals surface area contributed by atoms with Gasteiger partial charge in [0, 0.05) is 6.54 Å². The second kappa shape index (κ2) is 5.73. The molecule has 1 aromatic heterocycles. The van der Waals surface area contributed by atoms with Gasteiger partial charge < -0.3 is 14.4 Å². The Morgan fingerprint density at radius 2 is 2.04 bits per heavy atom. The summed E-state index contributed by atoms with van der Waals surface area (Å²) in [6.45, 7) is 0.0560. The maximum Gasteiger partial charge on any atom is 0.416 e. The van der Waals surface area contributed by atoms with Gasteiger partial charge in [0.25, 0.3) is 5.91 Å². The SMILES string of the molecule is O=C(c1ccco1)N1C[C@@H](O)C[C@@H]1c1cccc(C(F)(F)F)c1. The molecule has 1 saturated heterocycles. The Morgan fingerprint density at radius 1 is 1.26 bits per heavy atom. The van der Waals surface area contributed by atoms with Crippen LogP contribution in [0.25, 0.3) is 0 Å². The molecule has 2 atom stereocenters. The van der Waals surface area contributed by atoms with Gasteiger partial charge in [0.1, 0.15) is 0 Å². The van der Waals surface area contributed by atoms with Crippen LogP contribution in [0.5, 0.6) is 0 Å². The Hall–Kier alpha value is -2.28. The number of rotatable bonds is 2. The van der Waals surface area contributed by atoms with E-state index in [-0.39, 0.29) is 18.7 Å². The summed E-state index contributed by atoms with van der Waals surface area (Å²) in [4.78, 5) is 13.8. The molecule has 0 saturated carbocycles. The molecule has 2 aromatic rings. The van der Waals surface area contributed by atoms with Crippen LogP contribution < -0.4 is 0 Å². The molecule has 1 amide bonds. The number of aliphatic hydroxyl groups excluding tert-OH is 1. The number of likely N-dealkylation sites (tertiary alicyclic amines) is 1. The zero-order valence-corrected chi connectivity index (χ0v) is 12.0. The first-order valence-corrected chi connectivity index (χ1v) is 7.06. The van der Waals surface area contributed by atoms with Gasteiger partial charge in [-0.05, 0) is 36.2 Å². The number of carbonyl (C=O) groups is 1. The smallest absolute Gasteiger partial charge is 0.416 e. The van der Waals surface area contributed by atoms with Crippen LogP contribution in [-0.4, -0.2) is 28.6 Å². The fraction of sp³-hybridized carbons (Fsp3) is 0.312. The molecular formula is C16H14F3NO3. The molecule has 3 rings (SSSR count). The predicted octanol–water partition coefficient (Wildman–Crippen LogP) is 3.25. The Balaban J connectivity index is 1.92. The van der Waals surface area contributed by atoms with Crippen molar-refractivity contribution in [1.29, 1.82) is 0 Å². The topological polar surface area (TPSA) is 53.7 Å². The van der Waals surface area contributed by atoms with Crippen molar-refractivity contribution in [2.45, 2.75) is 24.7 Å². The first-order chi connectivity index (χ1) is 10.9. The highest BCUT2D eigenvalue weighted by atomic mass is 19.4. The van der Waals surface area contributed by atoms with Gasteiger partial charge in [0.05, 0.1) is 24.0 Å². The first-order valence-electron chi connectivity index (χ1n) is 7.06. The van der Waals surface area contributed by atoms with E-state index in [1.807, 2.05) is 0 Å². The molecule has 0 spiro atoms. The van der Waals surface area contributed by atoms with Gasteiger partial charge >= 0.3 is 6.18 Å². The fourth-order valence-corrected chi connectivity index (χ4v) is 2.82. The van der Waals surface area contributed by atoms with E-state index in [0.717, 1.165) is 12.1 Å². The number of furan rings is 1. The third kappa shape index (κ3) is 3.10. The Bertz CT molecular complexity index is 697. The Morgan fingerprint density at radius 3 is 2.70 bits per heavy atom. The number of hydrogen-bond acceptors (Lipinski definition) is 3. The minimum Gasteiger partial charge on any atom is -0.459 e. The zero-order chi connectivity index (χ0) is 16.6. The maximum atomic E-state index is 12.9. The molecule has 1 aliphatic rings. The molecule has 1 aromatic carbocycles. The molecule has 122 valence electrons. The summed E-state index contributed by atoms with van der Waals surface area (Å²) in [5, 5.41) is 9.86. The second-order valence-electron chi connectivity index (χ2n) is 5.46. The highest BCUT2D eigenvalue weighted by Gasteiger charge is 2.38. The summed E-state index contributed by atoms with van der Waals surface area (Å²) in [7, 11) is 0. The van der Waals surface area contributed by atoms with Crippen LogP contribution >= 0.6 is 0 Å². The molecule has 2 heterocycles. The Kier molecular flexibility index (Phi) is 3.89. The second-order valence-corrected chi connectivity index (χ2v) is 5.46. The number of amides is 1. The number of benzene rings is 1. The molecule has 1 aliphatic heterocycles. The third-order valence-electron chi connectivity index (χ3n) is 3.87. The molecule has 23 heavy (non-hydrogen) atoms. The summed E-state index contributed by atoms with van der Waals surface area (Å²) in [6.07, 6.45) is -3.70. The van der Waals surface area contributed by atoms with Gasteiger partial charge in [-0.25, -0.2) is 0 Å². The quantitative estimate of drug-likeness (QED) is 0.922. The van der Waals surface area contributed by atoms with Crippen LogP contribution in [0.15, 0.2) is 47.1 Å². The van der Waals surface area contributed by atoms with E-state index < -0.39 is 29.8 Å². The van der Waals surface area contributed by atoms with Crippen molar-refractivity contribution < 1.29 is 27.5 Å². The number of hydrogen-bond donors (Lipinski definition) is 1. The van der Waals surface area contributed by atoms with Gasteiger partial charge in [-0.1, -0.05) is 12.1 Å². The van der Waals surface area contributed by atoms with Gasteiger partial charge in [0.2, 0.25) is 0 Å². The lowest BCUT2D eigenvalue weighted by Crippen LogP contribution is -2.31. The third-order valence-corrected chi connectivity index (χ3v) is 3.87. The van der Waals surface area contributed by atoms with E-state index in [2.05, 4.69) is 0 Å². The van der Waals surface area contributed by atoms with E-state index in [1.165, 1.54) is 29.4 Å². The summed E-state index contributed by atoms with van der Waals surface area (Å²) < 4.78 is 43.6. The molecule has 7 heteroatoms. The lowest BCUT2D eigenvalue weighted by atomic mass is 10.0. The zero-order valence-electron chi connectivity index (χ0n) is 12.0. The normalized spacial score (nSPS) is 21.7. The molecule has 1 fully saturated rings. The van der Waals surface area contributed by atoms with Crippen LogP contribution in [0.1, 0.15) is 34.1 Å². The predicted molar refractivity (Wildman–Crippen MR) is 74.6 cm³/mol. The first kappa shape index (κ1) is 15.6. The Labute approximate surface area is 130 Å². The van der Waals surface area contributed by atoms with Crippen molar-refractivity contribution in [2.75, 3.05) is 6.54 Å². The van der Waals surface area contributed by atoms with Crippen LogP contribution in [0, 0.1) is 0 Å². The standard InChI is InChI=1S/C16H14F3NO3/c17-16(18,19)11-4-1-3-10(7-11)13-8-12(21)9-20(13)15(22)14-5-2-6-23-14/h1-7,12-13,21H,8-9H2/t12-,13+/m0/s1. The lowest BCUT2D eigenvalue weighted by Gasteiger charge is -2.24. The number of alkyl halides is 3. The van der Waals surface area contributed by atoms with Crippen molar-refractivity contribution >= 4 is 5.91 Å². The van der Waals surface area contributed by atoms with Gasteiger partial charge in [-0.15, -0.1) is 0 Å². The average molecular weight is 325 g/mol. The van der Waals surface area contributed by atoms with Crippen molar-refractivity contribution in [3.05, 3.63) is 59.5 Å². The number of carbonyl (C=O) groups excluding carboxylic acids is 1. The van der Waals surface area contributed by atoms with E-state index in [1.54, 1.807) is 6.07 Å². The summed E-state index contributed by atoms with van der Waals surface area (Å²) >= 11 is 0. The summed E-state index contributed by atoms with van der Waals surface area (Å²) in [5.74, 6) is -0.356. The van der Waals surface area contributed by atoms with Crippen molar-refractivity contribution in [3.8, 4) is 0 Å². The number of nitrogens with zero attached hydrogens (tertiary/aromatic N) is 1. The largest absolute Gasteiger partial charge is 0.459 e. The number of halogens is 3. The van der Waals surface area contributed by atoms with E-state index in [9.17, 15) is 23.1 Å². The molecular weight excluding hydrogens is 311 g/mol. The number of β-amino-alcohol motifs (C(OH)–C–C–N with tert-alkyl or cyclic N) is 1. The minimum absolute atomic E-state index is 0.0560. The average Bonchev–Trinajstić information content (AvgIpc) is 3.15. The van der Waals surface area contributed by atoms with Crippen molar-refractivity contribution in [1.82, 2.24) is 4.90 Å². The monoisotopic (exact) mass is 325 g/mol.